The van der Waals surface area contributed by atoms with Gasteiger partial charge >= 0.3 is 12.2 Å². The lowest BCUT2D eigenvalue weighted by atomic mass is 9.80. The Balaban J connectivity index is 1.48. The molecule has 1 aromatic carbocycles. The van der Waals surface area contributed by atoms with Gasteiger partial charge in [-0.3, -0.25) is 25.0 Å². The third-order valence-electron chi connectivity index (χ3n) is 9.75. The fourth-order valence-electron chi connectivity index (χ4n) is 7.90. The molecule has 2 aliphatic rings. The monoisotopic (exact) mass is 633 g/mol. The largest absolute Gasteiger partial charge is 0.465 e. The second-order valence-electron chi connectivity index (χ2n) is 15.1. The summed E-state index contributed by atoms with van der Waals surface area (Å²) in [6.45, 7) is 13.6. The van der Waals surface area contributed by atoms with Gasteiger partial charge in [-0.05, 0) is 89.6 Å². The Morgan fingerprint density at radius 2 is 1.76 bits per heavy atom. The molecule has 1 saturated heterocycles. The van der Waals surface area contributed by atoms with E-state index in [0.29, 0.717) is 26.2 Å². The number of nitrogens with zero attached hydrogens (tertiary/aromatic N) is 6. The number of pyridine rings is 1. The van der Waals surface area contributed by atoms with E-state index in [-0.39, 0.29) is 12.0 Å². The van der Waals surface area contributed by atoms with Gasteiger partial charge in [0.25, 0.3) is 0 Å². The minimum atomic E-state index is -1.50. The number of imidazole rings is 1. The van der Waals surface area contributed by atoms with Gasteiger partial charge in [-0.2, -0.15) is 0 Å². The molecule has 1 fully saturated rings. The number of aryl methyl sites for hydroxylation is 1. The molecule has 0 spiro atoms. The van der Waals surface area contributed by atoms with Gasteiger partial charge in [0, 0.05) is 36.8 Å². The molecular weight excluding hydrogens is 582 g/mol. The first-order valence-electron chi connectivity index (χ1n) is 16.5. The summed E-state index contributed by atoms with van der Waals surface area (Å²) in [6, 6.07) is 12.6. The summed E-state index contributed by atoms with van der Waals surface area (Å²) in [5.41, 5.74) is 2.83. The Bertz CT molecular complexity index is 1560. The SMILES string of the molecule is CN(Cc1nc2ccccc2n1C[C@@H]1CCCN(C(NC(=O)O)(N(C(=O)O)C(C)(C)C)C(C)(C)C)C1)[C@H]1CCCc2cccnc21. The van der Waals surface area contributed by atoms with E-state index < -0.39 is 28.9 Å². The van der Waals surface area contributed by atoms with Crippen molar-refractivity contribution < 1.29 is 19.8 Å². The van der Waals surface area contributed by atoms with Crippen molar-refractivity contribution in [3.8, 4) is 0 Å². The van der Waals surface area contributed by atoms with Crippen LogP contribution >= 0.6 is 0 Å². The molecule has 250 valence electrons. The van der Waals surface area contributed by atoms with Crippen LogP contribution in [-0.2, 0) is 19.5 Å². The highest BCUT2D eigenvalue weighted by Gasteiger charge is 2.58. The van der Waals surface area contributed by atoms with Crippen LogP contribution in [0.15, 0.2) is 42.6 Å². The summed E-state index contributed by atoms with van der Waals surface area (Å²) < 4.78 is 2.32. The summed E-state index contributed by atoms with van der Waals surface area (Å²) in [7, 11) is 2.16. The smallest absolute Gasteiger partial charge is 0.410 e. The van der Waals surface area contributed by atoms with Crippen LogP contribution in [0.1, 0.15) is 90.3 Å². The van der Waals surface area contributed by atoms with E-state index in [4.69, 9.17) is 9.97 Å². The number of carbonyl (C=O) groups is 2. The molecule has 2 amide bonds. The number of carboxylic acid groups (broad SMARTS) is 2. The Morgan fingerprint density at radius 3 is 2.43 bits per heavy atom. The second-order valence-corrected chi connectivity index (χ2v) is 15.1. The number of fused-ring (bicyclic) bond motifs is 2. The van der Waals surface area contributed by atoms with E-state index in [1.165, 1.54) is 10.5 Å². The molecule has 0 saturated carbocycles. The number of rotatable bonds is 8. The number of benzene rings is 1. The third kappa shape index (κ3) is 6.44. The molecule has 2 aromatic heterocycles. The molecule has 1 unspecified atom stereocenters. The summed E-state index contributed by atoms with van der Waals surface area (Å²) in [4.78, 5) is 41.0. The molecule has 3 atom stereocenters. The Labute approximate surface area is 272 Å². The molecule has 3 N–H and O–H groups in total. The van der Waals surface area contributed by atoms with E-state index in [1.807, 2.05) is 65.9 Å². The lowest BCUT2D eigenvalue weighted by Gasteiger charge is -2.60. The number of amides is 2. The molecule has 3 heterocycles. The Morgan fingerprint density at radius 1 is 1.02 bits per heavy atom. The number of hydrogen-bond acceptors (Lipinski definition) is 6. The number of nitrogens with one attached hydrogen (secondary N) is 1. The fraction of sp³-hybridized carbons (Fsp3) is 0.600. The molecule has 0 bridgehead atoms. The van der Waals surface area contributed by atoms with Gasteiger partial charge in [0.1, 0.15) is 5.82 Å². The highest BCUT2D eigenvalue weighted by Crippen LogP contribution is 2.43. The third-order valence-corrected chi connectivity index (χ3v) is 9.75. The highest BCUT2D eigenvalue weighted by molar-refractivity contribution is 5.76. The van der Waals surface area contributed by atoms with Gasteiger partial charge in [-0.15, -0.1) is 0 Å². The number of hydrogen-bond donors (Lipinski definition) is 3. The van der Waals surface area contributed by atoms with Gasteiger partial charge in [0.15, 0.2) is 5.79 Å². The predicted molar refractivity (Wildman–Crippen MR) is 178 cm³/mol. The summed E-state index contributed by atoms with van der Waals surface area (Å²) in [5, 5.41) is 23.5. The zero-order chi connectivity index (χ0) is 33.4. The van der Waals surface area contributed by atoms with Gasteiger partial charge in [-0.25, -0.2) is 14.6 Å². The Hall–Kier alpha value is -3.70. The average Bonchev–Trinajstić information content (AvgIpc) is 3.31. The lowest BCUT2D eigenvalue weighted by molar-refractivity contribution is -0.172. The number of para-hydroxylation sites is 2. The Kier molecular flexibility index (Phi) is 9.39. The number of aromatic nitrogens is 3. The van der Waals surface area contributed by atoms with E-state index >= 15 is 0 Å². The minimum absolute atomic E-state index is 0.139. The first kappa shape index (κ1) is 33.7. The van der Waals surface area contributed by atoms with Crippen LogP contribution in [0.3, 0.4) is 0 Å². The first-order chi connectivity index (χ1) is 21.6. The molecule has 11 heteroatoms. The van der Waals surface area contributed by atoms with Crippen molar-refractivity contribution >= 4 is 23.2 Å². The van der Waals surface area contributed by atoms with Crippen molar-refractivity contribution in [2.24, 2.45) is 11.3 Å². The molecule has 46 heavy (non-hydrogen) atoms. The van der Waals surface area contributed by atoms with Crippen molar-refractivity contribution in [2.75, 3.05) is 20.1 Å². The summed E-state index contributed by atoms with van der Waals surface area (Å²) in [6.07, 6.45) is 4.46. The van der Waals surface area contributed by atoms with Crippen LogP contribution in [0.2, 0.25) is 0 Å². The summed E-state index contributed by atoms with van der Waals surface area (Å²) in [5.74, 6) is -0.375. The highest BCUT2D eigenvalue weighted by atomic mass is 16.4. The topological polar surface area (TPSA) is 127 Å². The number of piperidine rings is 1. The molecule has 0 radical (unpaired) electrons. The molecule has 3 aromatic rings. The van der Waals surface area contributed by atoms with Gasteiger partial charge < -0.3 is 14.8 Å². The zero-order valence-corrected chi connectivity index (χ0v) is 28.5. The quantitative estimate of drug-likeness (QED) is 0.243. The van der Waals surface area contributed by atoms with Crippen molar-refractivity contribution in [3.05, 3.63) is 59.7 Å². The van der Waals surface area contributed by atoms with Gasteiger partial charge in [0.2, 0.25) is 0 Å². The predicted octanol–water partition coefficient (Wildman–Crippen LogP) is 6.40. The van der Waals surface area contributed by atoms with Crippen molar-refractivity contribution in [3.63, 3.8) is 0 Å². The van der Waals surface area contributed by atoms with E-state index in [2.05, 4.69) is 44.9 Å². The zero-order valence-electron chi connectivity index (χ0n) is 28.5. The van der Waals surface area contributed by atoms with E-state index in [9.17, 15) is 19.8 Å². The summed E-state index contributed by atoms with van der Waals surface area (Å²) >= 11 is 0. The van der Waals surface area contributed by atoms with Crippen LogP contribution in [0.5, 0.6) is 0 Å². The first-order valence-corrected chi connectivity index (χ1v) is 16.5. The van der Waals surface area contributed by atoms with Gasteiger partial charge in [0.05, 0.1) is 29.3 Å². The lowest BCUT2D eigenvalue weighted by Crippen LogP contribution is -2.80. The second kappa shape index (κ2) is 12.8. The molecule has 11 nitrogen and oxygen atoms in total. The van der Waals surface area contributed by atoms with Gasteiger partial charge in [-0.1, -0.05) is 39.0 Å². The van der Waals surface area contributed by atoms with Crippen LogP contribution in [-0.4, -0.2) is 83.1 Å². The molecule has 1 aliphatic carbocycles. The van der Waals surface area contributed by atoms with Crippen molar-refractivity contribution in [1.29, 1.82) is 0 Å². The standard InChI is InChI=1S/C35H51N7O4/c1-33(2,3)35(38-31(43)44,42(32(45)46)34(4,5)6)40-20-12-13-24(21-40)22-41-27-17-9-8-16-26(27)37-29(41)23-39(7)28-18-10-14-25-15-11-19-36-30(25)28/h8-9,11,15-17,19,24,28,38H,10,12-14,18,20-23H2,1-7H3,(H,43,44)(H,45,46)/t24-,28+,35?/m1/s1. The average molecular weight is 634 g/mol. The molecule has 5 rings (SSSR count). The van der Waals surface area contributed by atoms with Crippen molar-refractivity contribution in [2.45, 2.75) is 104 Å². The maximum Gasteiger partial charge on any atom is 0.410 e. The maximum atomic E-state index is 12.9. The molecule has 1 aliphatic heterocycles. The van der Waals surface area contributed by atoms with Crippen LogP contribution in [0.4, 0.5) is 9.59 Å². The van der Waals surface area contributed by atoms with Crippen LogP contribution in [0, 0.1) is 11.3 Å². The van der Waals surface area contributed by atoms with E-state index in [1.54, 1.807) is 0 Å². The fourth-order valence-corrected chi connectivity index (χ4v) is 7.90. The maximum absolute atomic E-state index is 12.9. The number of likely N-dealkylation sites (tertiary alicyclic amines) is 1. The molecular formula is C35H51N7O4. The van der Waals surface area contributed by atoms with Crippen molar-refractivity contribution in [1.82, 2.24) is 34.6 Å². The van der Waals surface area contributed by atoms with Crippen LogP contribution < -0.4 is 5.32 Å². The normalized spacial score (nSPS) is 20.7. The van der Waals surface area contributed by atoms with E-state index in [0.717, 1.165) is 54.7 Å². The van der Waals surface area contributed by atoms with Crippen LogP contribution in [0.25, 0.3) is 11.0 Å². The minimum Gasteiger partial charge on any atom is -0.465 e.